The van der Waals surface area contributed by atoms with Gasteiger partial charge in [0.1, 0.15) is 17.4 Å². The molecule has 0 N–H and O–H groups in total. The minimum Gasteiger partial charge on any atom is -0.496 e. The second-order valence-electron chi connectivity index (χ2n) is 7.21. The van der Waals surface area contributed by atoms with Gasteiger partial charge >= 0.3 is 12.1 Å². The number of methoxy groups -OCH3 is 2. The van der Waals surface area contributed by atoms with Gasteiger partial charge in [-0.05, 0) is 51.2 Å². The molecule has 0 bridgehead atoms. The van der Waals surface area contributed by atoms with E-state index in [1.165, 1.54) is 12.0 Å². The number of carbonyl (C=O) groups is 2. The van der Waals surface area contributed by atoms with E-state index in [4.69, 9.17) is 14.2 Å². The fourth-order valence-electron chi connectivity index (χ4n) is 3.19. The van der Waals surface area contributed by atoms with Gasteiger partial charge < -0.3 is 14.2 Å². The normalized spacial score (nSPS) is 20.3. The molecule has 1 aliphatic rings. The first-order valence-electron chi connectivity index (χ1n) is 8.46. The lowest BCUT2D eigenvalue weighted by Crippen LogP contribution is -2.46. The quantitative estimate of drug-likeness (QED) is 0.782. The van der Waals surface area contributed by atoms with Crippen LogP contribution in [0.3, 0.4) is 0 Å². The molecule has 0 aliphatic carbocycles. The van der Waals surface area contributed by atoms with Gasteiger partial charge in [0, 0.05) is 6.54 Å². The van der Waals surface area contributed by atoms with Crippen LogP contribution in [0.5, 0.6) is 5.75 Å². The standard InChI is InChI=1S/C19H27NO5/c1-19(2,3)25-18(22)20-11-10-14(16(20)17(21)24-5)12-13-8-6-7-9-15(13)23-4/h6-9,14,16H,10-12H2,1-5H3/t14-,16+/m0/s1. The molecule has 1 amide bonds. The third-order valence-electron chi connectivity index (χ3n) is 4.27. The molecule has 6 heteroatoms. The molecule has 0 unspecified atom stereocenters. The summed E-state index contributed by atoms with van der Waals surface area (Å²) in [5, 5.41) is 0. The molecule has 1 saturated heterocycles. The molecule has 1 aliphatic heterocycles. The highest BCUT2D eigenvalue weighted by Crippen LogP contribution is 2.32. The fourth-order valence-corrected chi connectivity index (χ4v) is 3.19. The average molecular weight is 349 g/mol. The Balaban J connectivity index is 2.21. The van der Waals surface area contributed by atoms with Gasteiger partial charge in [-0.3, -0.25) is 4.90 Å². The summed E-state index contributed by atoms with van der Waals surface area (Å²) in [6.07, 6.45) is 0.852. The lowest BCUT2D eigenvalue weighted by atomic mass is 9.92. The van der Waals surface area contributed by atoms with Crippen LogP contribution in [0.4, 0.5) is 4.79 Å². The molecule has 0 aromatic heterocycles. The molecule has 138 valence electrons. The molecule has 1 fully saturated rings. The van der Waals surface area contributed by atoms with Gasteiger partial charge in [0.15, 0.2) is 0 Å². The van der Waals surface area contributed by atoms with Crippen LogP contribution in [0.2, 0.25) is 0 Å². The van der Waals surface area contributed by atoms with Crippen LogP contribution in [0.1, 0.15) is 32.8 Å². The summed E-state index contributed by atoms with van der Waals surface area (Å²) < 4.78 is 15.8. The first-order valence-corrected chi connectivity index (χ1v) is 8.46. The Morgan fingerprint density at radius 1 is 1.20 bits per heavy atom. The van der Waals surface area contributed by atoms with Crippen molar-refractivity contribution in [1.29, 1.82) is 0 Å². The zero-order valence-corrected chi connectivity index (χ0v) is 15.6. The van der Waals surface area contributed by atoms with Crippen LogP contribution in [-0.4, -0.2) is 49.4 Å². The van der Waals surface area contributed by atoms with E-state index in [0.29, 0.717) is 19.4 Å². The number of carbonyl (C=O) groups excluding carboxylic acids is 2. The molecule has 1 aromatic carbocycles. The van der Waals surface area contributed by atoms with Crippen molar-refractivity contribution in [2.75, 3.05) is 20.8 Å². The van der Waals surface area contributed by atoms with Crippen molar-refractivity contribution < 1.29 is 23.8 Å². The summed E-state index contributed by atoms with van der Waals surface area (Å²) in [5.41, 5.74) is 0.397. The number of para-hydroxylation sites is 1. The summed E-state index contributed by atoms with van der Waals surface area (Å²) in [4.78, 5) is 26.3. The van der Waals surface area contributed by atoms with E-state index in [0.717, 1.165) is 11.3 Å². The number of ether oxygens (including phenoxy) is 3. The predicted molar refractivity (Wildman–Crippen MR) is 93.5 cm³/mol. The highest BCUT2D eigenvalue weighted by molar-refractivity contribution is 5.82. The zero-order valence-electron chi connectivity index (χ0n) is 15.6. The number of rotatable bonds is 4. The van der Waals surface area contributed by atoms with Crippen molar-refractivity contribution in [1.82, 2.24) is 4.90 Å². The number of likely N-dealkylation sites (tertiary alicyclic amines) is 1. The van der Waals surface area contributed by atoms with Crippen molar-refractivity contribution >= 4 is 12.1 Å². The van der Waals surface area contributed by atoms with Gasteiger partial charge in [-0.25, -0.2) is 9.59 Å². The number of hydrogen-bond acceptors (Lipinski definition) is 5. The maximum Gasteiger partial charge on any atom is 0.411 e. The molecular formula is C19H27NO5. The summed E-state index contributed by atoms with van der Waals surface area (Å²) in [7, 11) is 2.96. The zero-order chi connectivity index (χ0) is 18.6. The Hall–Kier alpha value is -2.24. The molecule has 25 heavy (non-hydrogen) atoms. The predicted octanol–water partition coefficient (Wildman–Crippen LogP) is 3.04. The topological polar surface area (TPSA) is 65.1 Å². The third-order valence-corrected chi connectivity index (χ3v) is 4.27. The van der Waals surface area contributed by atoms with Gasteiger partial charge in [0.05, 0.1) is 14.2 Å². The van der Waals surface area contributed by atoms with Gasteiger partial charge in [0.25, 0.3) is 0 Å². The SMILES string of the molecule is COC(=O)[C@H]1[C@H](Cc2ccccc2OC)CCN1C(=O)OC(C)(C)C. The van der Waals surface area contributed by atoms with Crippen molar-refractivity contribution in [2.45, 2.75) is 45.3 Å². The monoisotopic (exact) mass is 349 g/mol. The van der Waals surface area contributed by atoms with E-state index < -0.39 is 23.7 Å². The largest absolute Gasteiger partial charge is 0.496 e. The van der Waals surface area contributed by atoms with Crippen LogP contribution in [0.25, 0.3) is 0 Å². The maximum atomic E-state index is 12.5. The van der Waals surface area contributed by atoms with E-state index in [9.17, 15) is 9.59 Å². The van der Waals surface area contributed by atoms with E-state index >= 15 is 0 Å². The highest BCUT2D eigenvalue weighted by atomic mass is 16.6. The summed E-state index contributed by atoms with van der Waals surface area (Å²) in [6, 6.07) is 7.06. The Morgan fingerprint density at radius 3 is 2.48 bits per heavy atom. The van der Waals surface area contributed by atoms with Gasteiger partial charge in [-0.2, -0.15) is 0 Å². The summed E-state index contributed by atoms with van der Waals surface area (Å²) in [6.45, 7) is 5.88. The second kappa shape index (κ2) is 7.76. The van der Waals surface area contributed by atoms with Crippen LogP contribution in [0, 0.1) is 5.92 Å². The Kier molecular flexibility index (Phi) is 5.93. The fraction of sp³-hybridized carbons (Fsp3) is 0.579. The number of nitrogens with zero attached hydrogens (tertiary/aromatic N) is 1. The summed E-state index contributed by atoms with van der Waals surface area (Å²) >= 11 is 0. The van der Waals surface area contributed by atoms with Crippen molar-refractivity contribution in [3.05, 3.63) is 29.8 Å². The second-order valence-corrected chi connectivity index (χ2v) is 7.21. The molecule has 0 radical (unpaired) electrons. The smallest absolute Gasteiger partial charge is 0.411 e. The lowest BCUT2D eigenvalue weighted by molar-refractivity contribution is -0.147. The van der Waals surface area contributed by atoms with Crippen molar-refractivity contribution in [2.24, 2.45) is 5.92 Å². The number of hydrogen-bond donors (Lipinski definition) is 0. The Labute approximate surface area is 149 Å². The molecule has 0 saturated carbocycles. The number of benzene rings is 1. The molecule has 6 nitrogen and oxygen atoms in total. The van der Waals surface area contributed by atoms with E-state index in [1.807, 2.05) is 24.3 Å². The molecule has 2 atom stereocenters. The van der Waals surface area contributed by atoms with E-state index in [-0.39, 0.29) is 5.92 Å². The minimum atomic E-state index is -0.648. The summed E-state index contributed by atoms with van der Waals surface area (Å²) in [5.74, 6) is 0.321. The van der Waals surface area contributed by atoms with Crippen LogP contribution in [0.15, 0.2) is 24.3 Å². The number of esters is 1. The lowest BCUT2D eigenvalue weighted by Gasteiger charge is -2.29. The van der Waals surface area contributed by atoms with Crippen LogP contribution < -0.4 is 4.74 Å². The maximum absolute atomic E-state index is 12.5. The van der Waals surface area contributed by atoms with Crippen molar-refractivity contribution in [3.63, 3.8) is 0 Å². The van der Waals surface area contributed by atoms with E-state index in [1.54, 1.807) is 27.9 Å². The van der Waals surface area contributed by atoms with E-state index in [2.05, 4.69) is 0 Å². The van der Waals surface area contributed by atoms with Gasteiger partial charge in [-0.1, -0.05) is 18.2 Å². The first kappa shape index (κ1) is 19.1. The Morgan fingerprint density at radius 2 is 1.88 bits per heavy atom. The number of amides is 1. The average Bonchev–Trinajstić information content (AvgIpc) is 2.97. The molecule has 1 aromatic rings. The van der Waals surface area contributed by atoms with Gasteiger partial charge in [0.2, 0.25) is 0 Å². The minimum absolute atomic E-state index is 0.0451. The molecule has 2 rings (SSSR count). The molecule has 0 spiro atoms. The third kappa shape index (κ3) is 4.65. The first-order chi connectivity index (χ1) is 11.8. The van der Waals surface area contributed by atoms with Gasteiger partial charge in [-0.15, -0.1) is 0 Å². The Bertz CT molecular complexity index is 622. The van der Waals surface area contributed by atoms with Crippen LogP contribution in [-0.2, 0) is 20.7 Å². The molecular weight excluding hydrogens is 322 g/mol. The molecule has 1 heterocycles. The highest BCUT2D eigenvalue weighted by Gasteiger charge is 2.44. The van der Waals surface area contributed by atoms with Crippen molar-refractivity contribution in [3.8, 4) is 5.75 Å². The van der Waals surface area contributed by atoms with Crippen LogP contribution >= 0.6 is 0 Å².